The summed E-state index contributed by atoms with van der Waals surface area (Å²) in [6.45, 7) is 6.58. The van der Waals surface area contributed by atoms with Crippen molar-refractivity contribution >= 4 is 46.5 Å². The number of carbonyl (C=O) groups excluding carboxylic acids is 1. The highest BCUT2D eigenvalue weighted by Crippen LogP contribution is 2.63. The number of anilines is 1. The number of aliphatic hydroxyl groups is 2. The first kappa shape index (κ1) is 46.9. The minimum atomic E-state index is -1.20. The maximum absolute atomic E-state index is 11.9. The SMILES string of the molecule is C=CCO[C@@]12Oc3ccc(OCCSc4ccccc4)cc3[C@H]3[C@H](CCCCO)[C@@H](CCCCO)C=C(C(=NOCc4ccc([N+](=O)[O-])cc4)C[C@@H]1Sc1ccc(NC(C)=O)cc1)[C@H]32. The Kier molecular flexibility index (Phi) is 16.6. The number of nitro groups is 1. The number of hydrogen-bond donors (Lipinski definition) is 3. The summed E-state index contributed by atoms with van der Waals surface area (Å²) in [6.07, 6.45) is 9.21. The van der Waals surface area contributed by atoms with Crippen molar-refractivity contribution in [2.75, 3.05) is 37.5 Å². The van der Waals surface area contributed by atoms with Crippen molar-refractivity contribution < 1.29 is 39.0 Å². The first-order valence-corrected chi connectivity index (χ1v) is 23.9. The van der Waals surface area contributed by atoms with Gasteiger partial charge in [0.15, 0.2) is 0 Å². The molecular formula is C50H57N3O9S2. The standard InChI is InChI=1S/C50H57N3O9S2/c1-3-27-60-50-47(64-41-22-17-37(18-23-41)51-34(2)56)32-45(52-61-33-35-15-19-38(20-16-35)53(57)58)43-30-36(11-7-9-25-54)42(14-8-10-26-55)48(49(43)50)44-31-39(21-24-46(44)62-50)59-28-29-63-40-12-5-4-6-13-40/h3-6,12-13,15-24,30-31,36,42,47-49,54-55H,1,7-11,14,25-29,32-33H2,2H3,(H,51,56)/t36-,42+,47-,48+,49+,50+/m0/s1. The molecule has 0 saturated heterocycles. The van der Waals surface area contributed by atoms with E-state index in [1.165, 1.54) is 24.0 Å². The lowest BCUT2D eigenvalue weighted by molar-refractivity contribution is -0.384. The van der Waals surface area contributed by atoms with Crippen LogP contribution in [0.3, 0.4) is 0 Å². The third kappa shape index (κ3) is 11.4. The van der Waals surface area contributed by atoms with E-state index < -0.39 is 10.7 Å². The number of carbonyl (C=O) groups is 1. The van der Waals surface area contributed by atoms with E-state index in [4.69, 9.17) is 24.2 Å². The van der Waals surface area contributed by atoms with Crippen LogP contribution in [0.1, 0.15) is 68.9 Å². The minimum Gasteiger partial charge on any atom is -0.493 e. The number of nitrogens with zero attached hydrogens (tertiary/aromatic N) is 2. The summed E-state index contributed by atoms with van der Waals surface area (Å²) in [5.74, 6) is 0.620. The van der Waals surface area contributed by atoms with E-state index in [1.807, 2.05) is 54.6 Å². The average Bonchev–Trinajstić information content (AvgIpc) is 3.30. The van der Waals surface area contributed by atoms with Crippen molar-refractivity contribution in [1.29, 1.82) is 0 Å². The number of oxime groups is 1. The summed E-state index contributed by atoms with van der Waals surface area (Å²) in [7, 11) is 0. The van der Waals surface area contributed by atoms with Crippen LogP contribution in [0.15, 0.2) is 136 Å². The number of fused-ring (bicyclic) bond motifs is 2. The number of nitrogens with one attached hydrogen (secondary N) is 1. The quantitative estimate of drug-likeness (QED) is 0.0214. The van der Waals surface area contributed by atoms with Crippen molar-refractivity contribution in [1.82, 2.24) is 0 Å². The second-order valence-corrected chi connectivity index (χ2v) is 18.7. The Morgan fingerprint density at radius 1 is 0.984 bits per heavy atom. The maximum Gasteiger partial charge on any atom is 0.269 e. The molecule has 0 radical (unpaired) electrons. The van der Waals surface area contributed by atoms with Gasteiger partial charge in [0.1, 0.15) is 18.1 Å². The normalized spacial score (nSPS) is 22.6. The predicted octanol–water partition coefficient (Wildman–Crippen LogP) is 10.4. The van der Waals surface area contributed by atoms with Gasteiger partial charge in [-0.25, -0.2) is 0 Å². The Hall–Kier alpha value is -5.12. The summed E-state index contributed by atoms with van der Waals surface area (Å²) in [5.41, 5.74) is 4.21. The number of non-ortho nitro benzene ring substituents is 1. The van der Waals surface area contributed by atoms with Crippen LogP contribution in [-0.2, 0) is 21.0 Å². The Labute approximate surface area is 383 Å². The minimum absolute atomic E-state index is 0.000390. The van der Waals surface area contributed by atoms with Crippen LogP contribution >= 0.6 is 23.5 Å². The first-order valence-electron chi connectivity index (χ1n) is 22.0. The van der Waals surface area contributed by atoms with Gasteiger partial charge in [-0.3, -0.25) is 14.9 Å². The van der Waals surface area contributed by atoms with E-state index in [2.05, 4.69) is 36.2 Å². The summed E-state index contributed by atoms with van der Waals surface area (Å²) >= 11 is 3.37. The second kappa shape index (κ2) is 22.7. The van der Waals surface area contributed by atoms with Crippen LogP contribution in [0.2, 0.25) is 0 Å². The second-order valence-electron chi connectivity index (χ2n) is 16.3. The molecule has 1 aliphatic heterocycles. The summed E-state index contributed by atoms with van der Waals surface area (Å²) in [4.78, 5) is 31.1. The largest absolute Gasteiger partial charge is 0.493 e. The molecule has 1 fully saturated rings. The summed E-state index contributed by atoms with van der Waals surface area (Å²) in [5, 5.41) is 38.6. The molecule has 64 heavy (non-hydrogen) atoms. The predicted molar refractivity (Wildman–Crippen MR) is 252 cm³/mol. The number of ether oxygens (including phenoxy) is 3. The molecule has 1 amide bonds. The van der Waals surface area contributed by atoms with Gasteiger partial charge >= 0.3 is 0 Å². The fourth-order valence-corrected chi connectivity index (χ4v) is 11.3. The highest BCUT2D eigenvalue weighted by atomic mass is 32.2. The van der Waals surface area contributed by atoms with Gasteiger partial charge in [-0.15, -0.1) is 30.1 Å². The average molecular weight is 908 g/mol. The number of thioether (sulfide) groups is 2. The van der Waals surface area contributed by atoms with Gasteiger partial charge < -0.3 is 34.6 Å². The van der Waals surface area contributed by atoms with Gasteiger partial charge in [-0.05, 0) is 115 Å². The van der Waals surface area contributed by atoms with Crippen LogP contribution in [0.5, 0.6) is 11.5 Å². The van der Waals surface area contributed by atoms with E-state index in [0.29, 0.717) is 31.6 Å². The maximum atomic E-state index is 11.9. The molecule has 0 bridgehead atoms. The Bertz CT molecular complexity index is 2260. The third-order valence-corrected chi connectivity index (χ3v) is 14.3. The highest BCUT2D eigenvalue weighted by molar-refractivity contribution is 8.00. The van der Waals surface area contributed by atoms with Gasteiger partial charge in [0, 0.05) is 71.4 Å². The number of unbranched alkanes of at least 4 members (excludes halogenated alkanes) is 2. The smallest absolute Gasteiger partial charge is 0.269 e. The Balaban J connectivity index is 1.33. The number of amides is 1. The fourth-order valence-electron chi connectivity index (χ4n) is 9.23. The molecule has 12 nitrogen and oxygen atoms in total. The zero-order valence-electron chi connectivity index (χ0n) is 36.1. The van der Waals surface area contributed by atoms with Gasteiger partial charge in [0.2, 0.25) is 11.7 Å². The molecule has 338 valence electrons. The van der Waals surface area contributed by atoms with Gasteiger partial charge in [0.25, 0.3) is 5.69 Å². The van der Waals surface area contributed by atoms with Crippen LogP contribution in [0.4, 0.5) is 11.4 Å². The number of rotatable bonds is 23. The monoisotopic (exact) mass is 907 g/mol. The number of hydrogen-bond acceptors (Lipinski definition) is 12. The Morgan fingerprint density at radius 3 is 2.44 bits per heavy atom. The van der Waals surface area contributed by atoms with Gasteiger partial charge in [-0.2, -0.15) is 0 Å². The van der Waals surface area contributed by atoms with Crippen molar-refractivity contribution in [3.63, 3.8) is 0 Å². The molecule has 3 aliphatic rings. The van der Waals surface area contributed by atoms with Crippen LogP contribution < -0.4 is 14.8 Å². The van der Waals surface area contributed by atoms with Crippen molar-refractivity contribution in [3.8, 4) is 11.5 Å². The van der Waals surface area contributed by atoms with Gasteiger partial charge in [0.05, 0.1) is 35.0 Å². The van der Waals surface area contributed by atoms with E-state index in [-0.39, 0.29) is 66.9 Å². The molecule has 4 aromatic carbocycles. The number of aliphatic hydroxyl groups excluding tert-OH is 2. The molecular weight excluding hydrogens is 851 g/mol. The summed E-state index contributed by atoms with van der Waals surface area (Å²) in [6, 6.07) is 30.4. The molecule has 14 heteroatoms. The van der Waals surface area contributed by atoms with E-state index in [0.717, 1.165) is 70.2 Å². The van der Waals surface area contributed by atoms with Crippen LogP contribution in [-0.4, -0.2) is 70.0 Å². The lowest BCUT2D eigenvalue weighted by Crippen LogP contribution is -2.64. The topological polar surface area (TPSA) is 162 Å². The molecule has 1 heterocycles. The van der Waals surface area contributed by atoms with Crippen molar-refractivity contribution in [2.24, 2.45) is 22.9 Å². The number of nitro benzene ring substituents is 1. The zero-order chi connectivity index (χ0) is 44.9. The molecule has 4 aromatic rings. The molecule has 7 rings (SSSR count). The molecule has 2 aliphatic carbocycles. The first-order chi connectivity index (χ1) is 31.2. The number of allylic oxidation sites excluding steroid dienone is 1. The summed E-state index contributed by atoms with van der Waals surface area (Å²) < 4.78 is 20.9. The lowest BCUT2D eigenvalue weighted by Gasteiger charge is -2.58. The molecule has 0 spiro atoms. The third-order valence-electron chi connectivity index (χ3n) is 12.0. The van der Waals surface area contributed by atoms with E-state index >= 15 is 0 Å². The van der Waals surface area contributed by atoms with Crippen LogP contribution in [0.25, 0.3) is 0 Å². The molecule has 0 unspecified atom stereocenters. The van der Waals surface area contributed by atoms with E-state index in [9.17, 15) is 25.1 Å². The molecule has 6 atom stereocenters. The van der Waals surface area contributed by atoms with E-state index in [1.54, 1.807) is 41.7 Å². The zero-order valence-corrected chi connectivity index (χ0v) is 37.8. The lowest BCUT2D eigenvalue weighted by atomic mass is 9.56. The van der Waals surface area contributed by atoms with Crippen LogP contribution in [0, 0.1) is 27.9 Å². The Morgan fingerprint density at radius 2 is 1.73 bits per heavy atom. The molecule has 1 saturated carbocycles. The molecule has 0 aromatic heterocycles. The van der Waals surface area contributed by atoms with Crippen molar-refractivity contribution in [3.05, 3.63) is 143 Å². The highest BCUT2D eigenvalue weighted by Gasteiger charge is 2.64. The molecule has 3 N–H and O–H groups in total. The van der Waals surface area contributed by atoms with Gasteiger partial charge in [-0.1, -0.05) is 48.3 Å². The van der Waals surface area contributed by atoms with Crippen molar-refractivity contribution in [2.45, 2.75) is 85.2 Å². The number of benzene rings is 4. The fraction of sp³-hybridized carbons (Fsp3) is 0.400.